The summed E-state index contributed by atoms with van der Waals surface area (Å²) in [4.78, 5) is 11.3. The molecule has 250 valence electrons. The Morgan fingerprint density at radius 3 is 2.02 bits per heavy atom. The first kappa shape index (κ1) is 30.5. The van der Waals surface area contributed by atoms with Crippen LogP contribution < -0.4 is 10.4 Å². The number of hydrogen-bond donors (Lipinski definition) is 0. The van der Waals surface area contributed by atoms with Crippen molar-refractivity contribution in [2.24, 2.45) is 0 Å². The zero-order chi connectivity index (χ0) is 35.3. The van der Waals surface area contributed by atoms with E-state index in [0.717, 1.165) is 44.9 Å². The Kier molecular flexibility index (Phi) is 6.57. The maximum absolute atomic E-state index is 5.72. The Hall–Kier alpha value is -6.14. The van der Waals surface area contributed by atoms with Crippen LogP contribution in [0.2, 0.25) is 13.1 Å². The highest BCUT2D eigenvalue weighted by Gasteiger charge is 2.42. The molecule has 0 bridgehead atoms. The van der Waals surface area contributed by atoms with Crippen LogP contribution in [0.5, 0.6) is 0 Å². The number of nitrogens with zero attached hydrogens (tertiary/aromatic N) is 3. The van der Waals surface area contributed by atoms with Crippen molar-refractivity contribution in [2.45, 2.75) is 13.1 Å². The van der Waals surface area contributed by atoms with Crippen LogP contribution in [-0.2, 0) is 0 Å². The van der Waals surface area contributed by atoms with Crippen molar-refractivity contribution in [3.8, 4) is 50.7 Å². The van der Waals surface area contributed by atoms with Crippen LogP contribution >= 0.6 is 11.3 Å². The molecule has 11 rings (SSSR count). The Balaban J connectivity index is 1.26. The van der Waals surface area contributed by atoms with Gasteiger partial charge in [0.2, 0.25) is 0 Å². The van der Waals surface area contributed by atoms with Crippen LogP contribution in [0.4, 0.5) is 0 Å². The van der Waals surface area contributed by atoms with Gasteiger partial charge in [-0.3, -0.25) is 0 Å². The second-order valence-corrected chi connectivity index (χ2v) is 19.9. The predicted molar refractivity (Wildman–Crippen MR) is 228 cm³/mol. The highest BCUT2D eigenvalue weighted by atomic mass is 32.1. The summed E-state index contributed by atoms with van der Waals surface area (Å²) in [6.07, 6.45) is 0. The molecule has 0 fully saturated rings. The first-order valence-electron chi connectivity index (χ1n) is 18.2. The second kappa shape index (κ2) is 11.4. The van der Waals surface area contributed by atoms with Gasteiger partial charge in [-0.1, -0.05) is 140 Å². The number of rotatable bonds is 4. The van der Waals surface area contributed by atoms with Gasteiger partial charge in [0.05, 0.1) is 22.4 Å². The van der Waals surface area contributed by atoms with E-state index in [1.807, 2.05) is 11.3 Å². The molecule has 5 heteroatoms. The number of aromatic nitrogens is 3. The standard InChI is InChI=1S/C48H33N3SSi/c1-53(2)42-26-12-10-20-35(42)44-47(53)45(37-23-13-21-34-33-19-9-11-25-41(33)52-46(34)37)50-48(49-44)36-22-14-24-40-43(36)38-29-31(30-15-5-3-6-16-30)27-28-39(38)51(40)32-17-7-4-8-18-32/h3-29H,1-2H3. The van der Waals surface area contributed by atoms with E-state index in [9.17, 15) is 0 Å². The molecule has 3 aromatic heterocycles. The first-order chi connectivity index (χ1) is 26.1. The maximum Gasteiger partial charge on any atom is 0.161 e. The second-order valence-electron chi connectivity index (χ2n) is 14.5. The van der Waals surface area contributed by atoms with Crippen LogP contribution in [0.15, 0.2) is 164 Å². The summed E-state index contributed by atoms with van der Waals surface area (Å²) >= 11 is 1.87. The average molecular weight is 712 g/mol. The van der Waals surface area contributed by atoms with Crippen molar-refractivity contribution in [3.63, 3.8) is 0 Å². The molecule has 0 aliphatic carbocycles. The molecule has 0 unspecified atom stereocenters. The van der Waals surface area contributed by atoms with Gasteiger partial charge < -0.3 is 4.57 Å². The lowest BCUT2D eigenvalue weighted by atomic mass is 10.00. The van der Waals surface area contributed by atoms with E-state index in [0.29, 0.717) is 0 Å². The topological polar surface area (TPSA) is 30.7 Å². The van der Waals surface area contributed by atoms with E-state index in [4.69, 9.17) is 9.97 Å². The fourth-order valence-electron chi connectivity index (χ4n) is 8.79. The molecule has 1 aliphatic heterocycles. The third kappa shape index (κ3) is 4.45. The molecule has 0 amide bonds. The van der Waals surface area contributed by atoms with Gasteiger partial charge in [-0.2, -0.15) is 0 Å². The number of para-hydroxylation sites is 1. The summed E-state index contributed by atoms with van der Waals surface area (Å²) in [6, 6.07) is 59.3. The summed E-state index contributed by atoms with van der Waals surface area (Å²) < 4.78 is 4.97. The monoisotopic (exact) mass is 711 g/mol. The van der Waals surface area contributed by atoms with Crippen molar-refractivity contribution in [3.05, 3.63) is 164 Å². The molecule has 0 saturated heterocycles. The van der Waals surface area contributed by atoms with Gasteiger partial charge in [-0.15, -0.1) is 11.3 Å². The van der Waals surface area contributed by atoms with Gasteiger partial charge in [-0.05, 0) is 63.5 Å². The van der Waals surface area contributed by atoms with Crippen LogP contribution in [-0.4, -0.2) is 22.6 Å². The van der Waals surface area contributed by atoms with Crippen molar-refractivity contribution in [1.82, 2.24) is 14.5 Å². The highest BCUT2D eigenvalue weighted by molar-refractivity contribution is 7.26. The average Bonchev–Trinajstić information content (AvgIpc) is 3.84. The molecule has 0 atom stereocenters. The van der Waals surface area contributed by atoms with E-state index in [-0.39, 0.29) is 0 Å². The molecule has 0 radical (unpaired) electrons. The van der Waals surface area contributed by atoms with Crippen LogP contribution in [0.1, 0.15) is 0 Å². The molecule has 4 heterocycles. The normalized spacial score (nSPS) is 13.2. The molecule has 7 aromatic carbocycles. The van der Waals surface area contributed by atoms with Crippen LogP contribution in [0.3, 0.4) is 0 Å². The lowest BCUT2D eigenvalue weighted by molar-refractivity contribution is 1.18. The number of fused-ring (bicyclic) bond motifs is 9. The van der Waals surface area contributed by atoms with E-state index in [2.05, 4.69) is 181 Å². The minimum Gasteiger partial charge on any atom is -0.309 e. The molecular weight excluding hydrogens is 679 g/mol. The number of benzene rings is 7. The molecule has 10 aromatic rings. The molecule has 3 nitrogen and oxygen atoms in total. The fraction of sp³-hybridized carbons (Fsp3) is 0.0417. The Morgan fingerprint density at radius 2 is 1.17 bits per heavy atom. The van der Waals surface area contributed by atoms with E-state index >= 15 is 0 Å². The molecule has 53 heavy (non-hydrogen) atoms. The maximum atomic E-state index is 5.72. The predicted octanol–water partition coefficient (Wildman–Crippen LogP) is 11.7. The quantitative estimate of drug-likeness (QED) is 0.170. The van der Waals surface area contributed by atoms with Gasteiger partial charge >= 0.3 is 0 Å². The van der Waals surface area contributed by atoms with Crippen molar-refractivity contribution >= 4 is 71.8 Å². The Bertz CT molecular complexity index is 3090. The summed E-state index contributed by atoms with van der Waals surface area (Å²) in [7, 11) is -2.17. The molecule has 0 saturated carbocycles. The van der Waals surface area contributed by atoms with Gasteiger partial charge in [0.1, 0.15) is 8.07 Å². The summed E-state index contributed by atoms with van der Waals surface area (Å²) in [5.41, 5.74) is 11.5. The van der Waals surface area contributed by atoms with Crippen LogP contribution in [0, 0.1) is 0 Å². The van der Waals surface area contributed by atoms with Gasteiger partial charge in [-0.25, -0.2) is 9.97 Å². The third-order valence-corrected chi connectivity index (χ3v) is 15.9. The van der Waals surface area contributed by atoms with Crippen molar-refractivity contribution in [2.75, 3.05) is 0 Å². The highest BCUT2D eigenvalue weighted by Crippen LogP contribution is 2.44. The minimum atomic E-state index is -2.17. The minimum absolute atomic E-state index is 0.765. The molecule has 0 N–H and O–H groups in total. The summed E-state index contributed by atoms with van der Waals surface area (Å²) in [6.45, 7) is 4.93. The van der Waals surface area contributed by atoms with Crippen molar-refractivity contribution in [1.29, 1.82) is 0 Å². The van der Waals surface area contributed by atoms with Crippen molar-refractivity contribution < 1.29 is 0 Å². The Labute approximate surface area is 312 Å². The lowest BCUT2D eigenvalue weighted by Gasteiger charge is -2.22. The zero-order valence-electron chi connectivity index (χ0n) is 29.3. The summed E-state index contributed by atoms with van der Waals surface area (Å²) in [5.74, 6) is 0.765. The fourth-order valence-corrected chi connectivity index (χ4v) is 13.2. The molecule has 0 spiro atoms. The molecule has 1 aliphatic rings. The smallest absolute Gasteiger partial charge is 0.161 e. The SMILES string of the molecule is C[Si]1(C)c2ccccc2-c2nc(-c3cccc4c3c3cc(-c5ccccc5)ccc3n4-c3ccccc3)nc(-c3cccc4c3sc3ccccc34)c21. The summed E-state index contributed by atoms with van der Waals surface area (Å²) in [5, 5.41) is 7.70. The lowest BCUT2D eigenvalue weighted by Crippen LogP contribution is -2.50. The third-order valence-electron chi connectivity index (χ3n) is 11.2. The van der Waals surface area contributed by atoms with Gasteiger partial charge in [0.15, 0.2) is 5.82 Å². The number of hydrogen-bond acceptors (Lipinski definition) is 3. The number of thiophene rings is 1. The zero-order valence-corrected chi connectivity index (χ0v) is 31.2. The van der Waals surface area contributed by atoms with E-state index in [1.165, 1.54) is 58.2 Å². The first-order valence-corrected chi connectivity index (χ1v) is 22.0. The molecular formula is C48H33N3SSi. The van der Waals surface area contributed by atoms with Crippen LogP contribution in [0.25, 0.3) is 92.7 Å². The Morgan fingerprint density at radius 1 is 0.509 bits per heavy atom. The van der Waals surface area contributed by atoms with Gasteiger partial charge in [0.25, 0.3) is 0 Å². The largest absolute Gasteiger partial charge is 0.309 e. The van der Waals surface area contributed by atoms with Gasteiger partial charge in [0, 0.05) is 47.8 Å². The van der Waals surface area contributed by atoms with E-state index in [1.54, 1.807) is 0 Å². The van der Waals surface area contributed by atoms with E-state index < -0.39 is 8.07 Å².